The molecule has 1 aliphatic heterocycles. The van der Waals surface area contributed by atoms with Crippen LogP contribution in [-0.2, 0) is 0 Å². The molecule has 1 fully saturated rings. The molecule has 1 N–H and O–H groups in total. The normalized spacial score (nSPS) is 16.9. The molecule has 0 saturated carbocycles. The third-order valence-corrected chi connectivity index (χ3v) is 4.75. The molecule has 7 nitrogen and oxygen atoms in total. The van der Waals surface area contributed by atoms with Crippen molar-refractivity contribution >= 4 is 16.6 Å². The number of fused-ring (bicyclic) bond motifs is 1. The first-order chi connectivity index (χ1) is 12.5. The first-order valence-electron chi connectivity index (χ1n) is 8.56. The fraction of sp³-hybridized carbons (Fsp3) is 0.263. The van der Waals surface area contributed by atoms with Crippen LogP contribution in [0, 0.1) is 17.0 Å². The lowest BCUT2D eigenvalue weighted by Gasteiger charge is -2.18. The van der Waals surface area contributed by atoms with Gasteiger partial charge in [-0.2, -0.15) is 0 Å². The van der Waals surface area contributed by atoms with Gasteiger partial charge in [0.25, 0.3) is 11.2 Å². The molecule has 3 aromatic rings. The Morgan fingerprint density at radius 3 is 2.65 bits per heavy atom. The van der Waals surface area contributed by atoms with E-state index >= 15 is 0 Å². The number of hydrogen-bond donors (Lipinski definition) is 1. The largest absolute Gasteiger partial charge is 0.307 e. The van der Waals surface area contributed by atoms with E-state index in [4.69, 9.17) is 4.98 Å². The summed E-state index contributed by atoms with van der Waals surface area (Å²) in [4.78, 5) is 28.5. The van der Waals surface area contributed by atoms with Gasteiger partial charge in [0, 0.05) is 12.1 Å². The van der Waals surface area contributed by atoms with Crippen molar-refractivity contribution in [1.82, 2.24) is 14.9 Å². The van der Waals surface area contributed by atoms with Crippen molar-refractivity contribution < 1.29 is 4.92 Å². The number of nitrogens with one attached hydrogen (secondary N) is 1. The van der Waals surface area contributed by atoms with Gasteiger partial charge in [0.2, 0.25) is 0 Å². The van der Waals surface area contributed by atoms with Crippen LogP contribution in [0.2, 0.25) is 0 Å². The lowest BCUT2D eigenvalue weighted by molar-refractivity contribution is -0.384. The Labute approximate surface area is 149 Å². The molecular formula is C19H18N4O3. The number of nitro benzene ring substituents is 1. The van der Waals surface area contributed by atoms with E-state index in [-0.39, 0.29) is 22.7 Å². The molecule has 0 radical (unpaired) electrons. The van der Waals surface area contributed by atoms with E-state index in [1.54, 1.807) is 10.6 Å². The third kappa shape index (κ3) is 2.76. The van der Waals surface area contributed by atoms with Crippen molar-refractivity contribution in [2.45, 2.75) is 25.8 Å². The Kier molecular flexibility index (Phi) is 4.00. The molecule has 4 rings (SSSR count). The van der Waals surface area contributed by atoms with Crippen LogP contribution >= 0.6 is 0 Å². The van der Waals surface area contributed by atoms with Crippen LogP contribution in [-0.4, -0.2) is 21.0 Å². The van der Waals surface area contributed by atoms with Crippen LogP contribution in [0.25, 0.3) is 16.6 Å². The van der Waals surface area contributed by atoms with E-state index in [0.717, 1.165) is 24.9 Å². The SMILES string of the molecule is Cc1ccc(-n2c([C@H]3CCCN3)nc3ccc([N+](=O)[O-])cc3c2=O)cc1. The van der Waals surface area contributed by atoms with Crippen molar-refractivity contribution in [3.8, 4) is 5.69 Å². The number of hydrogen-bond acceptors (Lipinski definition) is 5. The van der Waals surface area contributed by atoms with Crippen molar-refractivity contribution in [2.24, 2.45) is 0 Å². The van der Waals surface area contributed by atoms with Crippen LogP contribution < -0.4 is 10.9 Å². The van der Waals surface area contributed by atoms with Crippen molar-refractivity contribution in [1.29, 1.82) is 0 Å². The molecule has 0 aliphatic carbocycles. The second kappa shape index (κ2) is 6.34. The molecule has 0 spiro atoms. The van der Waals surface area contributed by atoms with Crippen LogP contribution in [0.15, 0.2) is 47.3 Å². The Morgan fingerprint density at radius 2 is 2.00 bits per heavy atom. The molecule has 0 unspecified atom stereocenters. The fourth-order valence-corrected chi connectivity index (χ4v) is 3.39. The van der Waals surface area contributed by atoms with Crippen LogP contribution in [0.5, 0.6) is 0 Å². The standard InChI is InChI=1S/C19H18N4O3/c1-12-4-6-13(7-5-12)22-18(17-3-2-10-20-17)21-16-9-8-14(23(25)26)11-15(16)19(22)24/h4-9,11,17,20H,2-3,10H2,1H3/t17-/m1/s1. The Balaban J connectivity index is 2.02. The second-order valence-corrected chi connectivity index (χ2v) is 6.55. The van der Waals surface area contributed by atoms with Gasteiger partial charge in [-0.1, -0.05) is 17.7 Å². The average Bonchev–Trinajstić information content (AvgIpc) is 3.17. The zero-order valence-corrected chi connectivity index (χ0v) is 14.3. The third-order valence-electron chi connectivity index (χ3n) is 4.75. The lowest BCUT2D eigenvalue weighted by atomic mass is 10.1. The minimum atomic E-state index is -0.498. The Hall–Kier alpha value is -3.06. The number of nitro groups is 1. The van der Waals surface area contributed by atoms with E-state index in [1.807, 2.05) is 31.2 Å². The topological polar surface area (TPSA) is 90.1 Å². The highest BCUT2D eigenvalue weighted by molar-refractivity contribution is 5.80. The van der Waals surface area contributed by atoms with Gasteiger partial charge in [0.15, 0.2) is 0 Å². The number of aryl methyl sites for hydroxylation is 1. The van der Waals surface area contributed by atoms with Crippen molar-refractivity contribution in [3.63, 3.8) is 0 Å². The fourth-order valence-electron chi connectivity index (χ4n) is 3.39. The van der Waals surface area contributed by atoms with E-state index in [0.29, 0.717) is 17.0 Å². The van der Waals surface area contributed by atoms with Gasteiger partial charge in [-0.05, 0) is 44.5 Å². The van der Waals surface area contributed by atoms with E-state index in [9.17, 15) is 14.9 Å². The zero-order valence-electron chi connectivity index (χ0n) is 14.3. The summed E-state index contributed by atoms with van der Waals surface area (Å²) < 4.78 is 1.58. The summed E-state index contributed by atoms with van der Waals surface area (Å²) in [5.74, 6) is 0.651. The summed E-state index contributed by atoms with van der Waals surface area (Å²) in [5, 5.41) is 14.7. The number of rotatable bonds is 3. The summed E-state index contributed by atoms with van der Waals surface area (Å²) in [7, 11) is 0. The summed E-state index contributed by atoms with van der Waals surface area (Å²) in [6.45, 7) is 2.86. The summed E-state index contributed by atoms with van der Waals surface area (Å²) in [6.07, 6.45) is 1.92. The number of aromatic nitrogens is 2. The molecule has 1 atom stereocenters. The monoisotopic (exact) mass is 350 g/mol. The minimum Gasteiger partial charge on any atom is -0.307 e. The average molecular weight is 350 g/mol. The van der Waals surface area contributed by atoms with E-state index in [1.165, 1.54) is 12.1 Å². The predicted octanol–water partition coefficient (Wildman–Crippen LogP) is 3.03. The molecule has 7 heteroatoms. The molecule has 26 heavy (non-hydrogen) atoms. The molecule has 0 bridgehead atoms. The Bertz CT molecular complexity index is 1050. The molecule has 1 saturated heterocycles. The molecule has 132 valence electrons. The number of benzene rings is 2. The van der Waals surface area contributed by atoms with Gasteiger partial charge in [0.1, 0.15) is 5.82 Å². The van der Waals surface area contributed by atoms with Crippen molar-refractivity contribution in [3.05, 3.63) is 74.3 Å². The highest BCUT2D eigenvalue weighted by Gasteiger charge is 2.24. The van der Waals surface area contributed by atoms with Crippen molar-refractivity contribution in [2.75, 3.05) is 6.54 Å². The summed E-state index contributed by atoms with van der Waals surface area (Å²) in [6, 6.07) is 11.9. The van der Waals surface area contributed by atoms with Crippen LogP contribution in [0.1, 0.15) is 30.3 Å². The van der Waals surface area contributed by atoms with E-state index < -0.39 is 4.92 Å². The maximum absolute atomic E-state index is 13.2. The first-order valence-corrected chi connectivity index (χ1v) is 8.56. The zero-order chi connectivity index (χ0) is 18.3. The number of non-ortho nitro benzene ring substituents is 1. The molecule has 0 amide bonds. The molecule has 2 aromatic carbocycles. The minimum absolute atomic E-state index is 0.0106. The molecule has 1 aliphatic rings. The predicted molar refractivity (Wildman–Crippen MR) is 98.7 cm³/mol. The molecule has 1 aromatic heterocycles. The Morgan fingerprint density at radius 1 is 1.23 bits per heavy atom. The van der Waals surface area contributed by atoms with E-state index in [2.05, 4.69) is 5.32 Å². The van der Waals surface area contributed by atoms with Crippen LogP contribution in [0.3, 0.4) is 0 Å². The van der Waals surface area contributed by atoms with Gasteiger partial charge >= 0.3 is 0 Å². The van der Waals surface area contributed by atoms with Gasteiger partial charge in [-0.15, -0.1) is 0 Å². The van der Waals surface area contributed by atoms with Gasteiger partial charge in [-0.3, -0.25) is 19.5 Å². The highest BCUT2D eigenvalue weighted by atomic mass is 16.6. The molecular weight excluding hydrogens is 332 g/mol. The van der Waals surface area contributed by atoms with Gasteiger partial charge in [-0.25, -0.2) is 4.98 Å². The smallest absolute Gasteiger partial charge is 0.270 e. The summed E-state index contributed by atoms with van der Waals surface area (Å²) in [5.41, 5.74) is 1.88. The van der Waals surface area contributed by atoms with Crippen LogP contribution in [0.4, 0.5) is 5.69 Å². The van der Waals surface area contributed by atoms with Gasteiger partial charge < -0.3 is 5.32 Å². The maximum atomic E-state index is 13.2. The maximum Gasteiger partial charge on any atom is 0.270 e. The highest BCUT2D eigenvalue weighted by Crippen LogP contribution is 2.26. The first kappa shape index (κ1) is 16.4. The quantitative estimate of drug-likeness (QED) is 0.579. The lowest BCUT2D eigenvalue weighted by Crippen LogP contribution is -2.28. The second-order valence-electron chi connectivity index (χ2n) is 6.55. The summed E-state index contributed by atoms with van der Waals surface area (Å²) >= 11 is 0. The number of nitrogens with zero attached hydrogens (tertiary/aromatic N) is 3. The molecule has 2 heterocycles. The van der Waals surface area contributed by atoms with Gasteiger partial charge in [0.05, 0.1) is 27.6 Å².